The van der Waals surface area contributed by atoms with Gasteiger partial charge in [0.25, 0.3) is 0 Å². The molecule has 0 aromatic heterocycles. The normalized spacial score (nSPS) is 16.8. The lowest BCUT2D eigenvalue weighted by molar-refractivity contribution is -0.147. The Morgan fingerprint density at radius 1 is 1.39 bits per heavy atom. The highest BCUT2D eigenvalue weighted by Gasteiger charge is 2.37. The summed E-state index contributed by atoms with van der Waals surface area (Å²) in [5.41, 5.74) is -1.28. The number of rotatable bonds is 2. The molecule has 1 rings (SSSR count). The molecule has 7 nitrogen and oxygen atoms in total. The molecule has 0 bridgehead atoms. The van der Waals surface area contributed by atoms with Gasteiger partial charge in [0.2, 0.25) is 5.91 Å². The van der Waals surface area contributed by atoms with Crippen LogP contribution in [0.3, 0.4) is 0 Å². The monoisotopic (exact) mass is 257 g/mol. The number of hydrogen-bond acceptors (Lipinski definition) is 3. The van der Waals surface area contributed by atoms with E-state index in [0.29, 0.717) is 19.6 Å². The second-order valence-electron chi connectivity index (χ2n) is 4.79. The molecule has 7 heteroatoms. The summed E-state index contributed by atoms with van der Waals surface area (Å²) in [7, 11) is 1.45. The highest BCUT2D eigenvalue weighted by Crippen LogP contribution is 2.15. The predicted molar refractivity (Wildman–Crippen MR) is 64.1 cm³/mol. The summed E-state index contributed by atoms with van der Waals surface area (Å²) < 4.78 is 0. The fourth-order valence-corrected chi connectivity index (χ4v) is 1.55. The average molecular weight is 257 g/mol. The lowest BCUT2D eigenvalue weighted by Crippen LogP contribution is -2.55. The Labute approximate surface area is 106 Å². The Balaban J connectivity index is 2.74. The number of carboxylic acids is 1. The first kappa shape index (κ1) is 14.3. The van der Waals surface area contributed by atoms with Crippen LogP contribution < -0.4 is 5.32 Å². The van der Waals surface area contributed by atoms with E-state index in [4.69, 9.17) is 5.11 Å². The van der Waals surface area contributed by atoms with Crippen LogP contribution in [0.1, 0.15) is 20.3 Å². The van der Waals surface area contributed by atoms with Gasteiger partial charge in [-0.3, -0.25) is 4.79 Å². The summed E-state index contributed by atoms with van der Waals surface area (Å²) in [5.74, 6) is -1.16. The van der Waals surface area contributed by atoms with Crippen LogP contribution >= 0.6 is 0 Å². The molecular formula is C11H19N3O4. The minimum atomic E-state index is -1.28. The minimum Gasteiger partial charge on any atom is -0.480 e. The standard InChI is InChI=1S/C11H19N3O4/c1-11(2,9(16)17)13(3)10(18)14-6-4-8(15)12-5-7-14/h4-7H2,1-3H3,(H,12,15)(H,16,17). The molecule has 0 aromatic carbocycles. The molecule has 0 spiro atoms. The lowest BCUT2D eigenvalue weighted by Gasteiger charge is -2.35. The molecule has 1 aliphatic heterocycles. The van der Waals surface area contributed by atoms with Crippen LogP contribution in [0.2, 0.25) is 0 Å². The average Bonchev–Trinajstić information content (AvgIpc) is 2.51. The molecule has 0 atom stereocenters. The first-order valence-electron chi connectivity index (χ1n) is 5.79. The van der Waals surface area contributed by atoms with E-state index in [0.717, 1.165) is 0 Å². The molecule has 18 heavy (non-hydrogen) atoms. The van der Waals surface area contributed by atoms with Gasteiger partial charge < -0.3 is 20.2 Å². The SMILES string of the molecule is CN(C(=O)N1CCNC(=O)CC1)C(C)(C)C(=O)O. The van der Waals surface area contributed by atoms with E-state index < -0.39 is 11.5 Å². The molecule has 0 aliphatic carbocycles. The third-order valence-electron chi connectivity index (χ3n) is 3.23. The maximum Gasteiger partial charge on any atom is 0.329 e. The number of carbonyl (C=O) groups excluding carboxylic acids is 2. The highest BCUT2D eigenvalue weighted by atomic mass is 16.4. The zero-order valence-electron chi connectivity index (χ0n) is 10.9. The molecule has 0 saturated carbocycles. The number of carboxylic acid groups (broad SMARTS) is 1. The molecule has 0 radical (unpaired) electrons. The summed E-state index contributed by atoms with van der Waals surface area (Å²) in [6.07, 6.45) is 0.243. The Hall–Kier alpha value is -1.79. The molecule has 102 valence electrons. The molecule has 0 aromatic rings. The first-order chi connectivity index (χ1) is 8.26. The van der Waals surface area contributed by atoms with Gasteiger partial charge in [0, 0.05) is 33.1 Å². The fraction of sp³-hybridized carbons (Fsp3) is 0.727. The van der Waals surface area contributed by atoms with Crippen molar-refractivity contribution in [3.63, 3.8) is 0 Å². The Morgan fingerprint density at radius 3 is 2.56 bits per heavy atom. The van der Waals surface area contributed by atoms with E-state index in [9.17, 15) is 14.4 Å². The molecule has 3 amide bonds. The van der Waals surface area contributed by atoms with Gasteiger partial charge in [-0.05, 0) is 13.8 Å². The maximum absolute atomic E-state index is 12.2. The number of hydrogen-bond donors (Lipinski definition) is 2. The second kappa shape index (κ2) is 5.24. The number of likely N-dealkylation sites (N-methyl/N-ethyl adjacent to an activating group) is 1. The Bertz CT molecular complexity index is 367. The van der Waals surface area contributed by atoms with Crippen molar-refractivity contribution in [2.24, 2.45) is 0 Å². The van der Waals surface area contributed by atoms with E-state index >= 15 is 0 Å². The zero-order valence-corrected chi connectivity index (χ0v) is 10.9. The lowest BCUT2D eigenvalue weighted by atomic mass is 10.0. The van der Waals surface area contributed by atoms with E-state index in [2.05, 4.69) is 5.32 Å². The van der Waals surface area contributed by atoms with E-state index in [-0.39, 0.29) is 18.4 Å². The molecule has 1 aliphatic rings. The maximum atomic E-state index is 12.2. The molecule has 1 fully saturated rings. The van der Waals surface area contributed by atoms with E-state index in [1.165, 1.54) is 30.7 Å². The smallest absolute Gasteiger partial charge is 0.329 e. The molecule has 1 heterocycles. The second-order valence-corrected chi connectivity index (χ2v) is 4.79. The van der Waals surface area contributed by atoms with Crippen LogP contribution in [-0.2, 0) is 9.59 Å². The van der Waals surface area contributed by atoms with Crippen LogP contribution in [0.25, 0.3) is 0 Å². The van der Waals surface area contributed by atoms with Crippen molar-refractivity contribution >= 4 is 17.9 Å². The van der Waals surface area contributed by atoms with Crippen LogP contribution in [0.5, 0.6) is 0 Å². The fourth-order valence-electron chi connectivity index (χ4n) is 1.55. The third kappa shape index (κ3) is 2.91. The van der Waals surface area contributed by atoms with Crippen molar-refractivity contribution in [2.45, 2.75) is 25.8 Å². The van der Waals surface area contributed by atoms with Crippen molar-refractivity contribution in [1.29, 1.82) is 0 Å². The summed E-state index contributed by atoms with van der Waals surface area (Å²) in [4.78, 5) is 37.1. The Morgan fingerprint density at radius 2 is 2.00 bits per heavy atom. The van der Waals surface area contributed by atoms with Gasteiger partial charge in [-0.1, -0.05) is 0 Å². The topological polar surface area (TPSA) is 90.0 Å². The van der Waals surface area contributed by atoms with Crippen molar-refractivity contribution < 1.29 is 19.5 Å². The highest BCUT2D eigenvalue weighted by molar-refractivity contribution is 5.86. The van der Waals surface area contributed by atoms with Gasteiger partial charge >= 0.3 is 12.0 Å². The zero-order chi connectivity index (χ0) is 13.9. The van der Waals surface area contributed by atoms with Gasteiger partial charge in [-0.2, -0.15) is 0 Å². The van der Waals surface area contributed by atoms with Crippen molar-refractivity contribution in [1.82, 2.24) is 15.1 Å². The molecule has 2 N–H and O–H groups in total. The van der Waals surface area contributed by atoms with Crippen LogP contribution in [0.4, 0.5) is 4.79 Å². The van der Waals surface area contributed by atoms with Gasteiger partial charge in [0.15, 0.2) is 0 Å². The Kier molecular flexibility index (Phi) is 4.15. The van der Waals surface area contributed by atoms with Gasteiger partial charge in [0.1, 0.15) is 5.54 Å². The summed E-state index contributed by atoms with van der Waals surface area (Å²) in [6.45, 7) is 4.03. The largest absolute Gasteiger partial charge is 0.480 e. The number of nitrogens with zero attached hydrogens (tertiary/aromatic N) is 2. The number of urea groups is 1. The van der Waals surface area contributed by atoms with Gasteiger partial charge in [0.05, 0.1) is 0 Å². The van der Waals surface area contributed by atoms with Crippen molar-refractivity contribution in [2.75, 3.05) is 26.7 Å². The minimum absolute atomic E-state index is 0.0922. The number of aliphatic carboxylic acids is 1. The van der Waals surface area contributed by atoms with E-state index in [1.807, 2.05) is 0 Å². The predicted octanol–water partition coefficient (Wildman–Crippen LogP) is -0.277. The van der Waals surface area contributed by atoms with E-state index in [1.54, 1.807) is 0 Å². The summed E-state index contributed by atoms with van der Waals surface area (Å²) in [6, 6.07) is -0.376. The summed E-state index contributed by atoms with van der Waals surface area (Å²) >= 11 is 0. The van der Waals surface area contributed by atoms with Crippen LogP contribution in [0, 0.1) is 0 Å². The quantitative estimate of drug-likeness (QED) is 0.712. The first-order valence-corrected chi connectivity index (χ1v) is 5.79. The number of amides is 3. The third-order valence-corrected chi connectivity index (χ3v) is 3.23. The van der Waals surface area contributed by atoms with Crippen LogP contribution in [0.15, 0.2) is 0 Å². The molecule has 1 saturated heterocycles. The number of carbonyl (C=O) groups is 3. The number of nitrogens with one attached hydrogen (secondary N) is 1. The van der Waals surface area contributed by atoms with Crippen LogP contribution in [-0.4, -0.2) is 65.0 Å². The molecular weight excluding hydrogens is 238 g/mol. The van der Waals surface area contributed by atoms with Crippen molar-refractivity contribution in [3.05, 3.63) is 0 Å². The summed E-state index contributed by atoms with van der Waals surface area (Å²) in [5, 5.41) is 11.7. The van der Waals surface area contributed by atoms with Crippen molar-refractivity contribution in [3.8, 4) is 0 Å². The van der Waals surface area contributed by atoms with Gasteiger partial charge in [-0.15, -0.1) is 0 Å². The molecule has 0 unspecified atom stereocenters. The van der Waals surface area contributed by atoms with Gasteiger partial charge in [-0.25, -0.2) is 9.59 Å².